The molecule has 2 N–H and O–H groups in total. The number of benzene rings is 1. The minimum atomic E-state index is -0.416. The third kappa shape index (κ3) is 2.23. The average Bonchev–Trinajstić information content (AvgIpc) is 1.90. The van der Waals surface area contributed by atoms with E-state index < -0.39 is 6.67 Å². The van der Waals surface area contributed by atoms with E-state index >= 15 is 0 Å². The van der Waals surface area contributed by atoms with Gasteiger partial charge in [-0.3, -0.25) is 0 Å². The van der Waals surface area contributed by atoms with Crippen molar-refractivity contribution in [2.45, 2.75) is 6.67 Å². The molecule has 0 saturated heterocycles. The maximum absolute atomic E-state index is 11.8. The molecule has 1 aromatic rings. The summed E-state index contributed by atoms with van der Waals surface area (Å²) in [4.78, 5) is 0. The topological polar surface area (TPSA) is 26.0 Å². The summed E-state index contributed by atoms with van der Waals surface area (Å²) >= 11 is 0. The molecule has 0 bridgehead atoms. The van der Waals surface area contributed by atoms with Crippen LogP contribution in [0.3, 0.4) is 0 Å². The normalized spacial score (nSPS) is 8.50. The van der Waals surface area contributed by atoms with Crippen LogP contribution in [0.2, 0.25) is 0 Å². The molecule has 0 radical (unpaired) electrons. The molecule has 0 aliphatic heterocycles. The van der Waals surface area contributed by atoms with Gasteiger partial charge in [-0.05, 0) is 17.7 Å². The molecule has 56 valence electrons. The van der Waals surface area contributed by atoms with E-state index in [0.717, 1.165) is 0 Å². The Kier molecular flexibility index (Phi) is 3.81. The molecule has 0 saturated carbocycles. The number of nitrogens with two attached hydrogens (primary N) is 1. The van der Waals surface area contributed by atoms with Crippen LogP contribution in [0.1, 0.15) is 5.56 Å². The van der Waals surface area contributed by atoms with Crippen molar-refractivity contribution in [1.82, 2.24) is 0 Å². The molecule has 1 rings (SSSR count). The number of hydrogen-bond donors (Lipinski definition) is 1. The van der Waals surface area contributed by atoms with Crippen molar-refractivity contribution >= 4 is 18.1 Å². The Morgan fingerprint density at radius 1 is 1.20 bits per heavy atom. The molecule has 1 aromatic carbocycles. The molecule has 3 heteroatoms. The van der Waals surface area contributed by atoms with Crippen LogP contribution in [-0.4, -0.2) is 0 Å². The maximum Gasteiger partial charge on any atom is 0.115 e. The van der Waals surface area contributed by atoms with Crippen molar-refractivity contribution < 1.29 is 4.39 Å². The Morgan fingerprint density at radius 2 is 1.70 bits per heavy atom. The quantitative estimate of drug-likeness (QED) is 0.628. The number of hydrogen-bond acceptors (Lipinski definition) is 1. The standard InChI is InChI=1S/C7H8FN.ClH/c8-5-6-1-3-7(9)4-2-6;/h1-4H,5,9H2;1H. The molecule has 1 nitrogen and oxygen atoms in total. The second-order valence-electron chi connectivity index (χ2n) is 1.88. The predicted molar refractivity (Wildman–Crippen MR) is 42.9 cm³/mol. The Hall–Kier alpha value is -0.760. The van der Waals surface area contributed by atoms with Crippen LogP contribution >= 0.6 is 12.4 Å². The average molecular weight is 162 g/mol. The third-order valence-corrected chi connectivity index (χ3v) is 1.13. The molecule has 0 unspecified atom stereocenters. The monoisotopic (exact) mass is 161 g/mol. The molecule has 10 heavy (non-hydrogen) atoms. The zero-order chi connectivity index (χ0) is 6.69. The fourth-order valence-corrected chi connectivity index (χ4v) is 0.607. The van der Waals surface area contributed by atoms with Gasteiger partial charge < -0.3 is 5.73 Å². The first-order valence-electron chi connectivity index (χ1n) is 2.73. The van der Waals surface area contributed by atoms with Gasteiger partial charge in [0.2, 0.25) is 0 Å². The fourth-order valence-electron chi connectivity index (χ4n) is 0.607. The largest absolute Gasteiger partial charge is 0.399 e. The van der Waals surface area contributed by atoms with Crippen molar-refractivity contribution in [1.29, 1.82) is 0 Å². The summed E-state index contributed by atoms with van der Waals surface area (Å²) in [7, 11) is 0. The van der Waals surface area contributed by atoms with Gasteiger partial charge in [-0.25, -0.2) is 4.39 Å². The van der Waals surface area contributed by atoms with Gasteiger partial charge >= 0.3 is 0 Å². The molecule has 0 aliphatic rings. The molecule has 0 aliphatic carbocycles. The zero-order valence-corrected chi connectivity index (χ0v) is 6.20. The Balaban J connectivity index is 0.000000810. The number of anilines is 1. The molecule has 0 spiro atoms. The lowest BCUT2D eigenvalue weighted by Gasteiger charge is -1.92. The highest BCUT2D eigenvalue weighted by atomic mass is 35.5. The molecule has 0 atom stereocenters. The minimum absolute atomic E-state index is 0. The van der Waals surface area contributed by atoms with Crippen LogP contribution in [-0.2, 0) is 6.67 Å². The van der Waals surface area contributed by atoms with Crippen molar-refractivity contribution in [3.8, 4) is 0 Å². The smallest absolute Gasteiger partial charge is 0.115 e. The summed E-state index contributed by atoms with van der Waals surface area (Å²) in [6.07, 6.45) is 0. The molecular weight excluding hydrogens is 153 g/mol. The van der Waals surface area contributed by atoms with E-state index in [9.17, 15) is 4.39 Å². The molecule has 0 amide bonds. The van der Waals surface area contributed by atoms with Gasteiger partial charge in [0.25, 0.3) is 0 Å². The number of rotatable bonds is 1. The van der Waals surface area contributed by atoms with Crippen LogP contribution in [0.5, 0.6) is 0 Å². The van der Waals surface area contributed by atoms with Crippen LogP contribution in [0, 0.1) is 0 Å². The van der Waals surface area contributed by atoms with Crippen LogP contribution < -0.4 is 5.73 Å². The van der Waals surface area contributed by atoms with Crippen LogP contribution in [0.4, 0.5) is 10.1 Å². The third-order valence-electron chi connectivity index (χ3n) is 1.13. The Bertz CT molecular complexity index is 185. The van der Waals surface area contributed by atoms with Gasteiger partial charge in [-0.2, -0.15) is 0 Å². The first kappa shape index (κ1) is 9.24. The van der Waals surface area contributed by atoms with Gasteiger partial charge in [0, 0.05) is 5.69 Å². The summed E-state index contributed by atoms with van der Waals surface area (Å²) in [6, 6.07) is 6.73. The number of alkyl halides is 1. The summed E-state index contributed by atoms with van der Waals surface area (Å²) in [5, 5.41) is 0. The SMILES string of the molecule is Cl.Nc1ccc(CF)cc1. The molecule has 0 fully saturated rings. The zero-order valence-electron chi connectivity index (χ0n) is 5.38. The van der Waals surface area contributed by atoms with Crippen LogP contribution in [0.25, 0.3) is 0 Å². The lowest BCUT2D eigenvalue weighted by atomic mass is 10.2. The number of halogens is 2. The van der Waals surface area contributed by atoms with E-state index in [1.54, 1.807) is 24.3 Å². The maximum atomic E-state index is 11.8. The van der Waals surface area contributed by atoms with E-state index in [0.29, 0.717) is 11.3 Å². The fraction of sp³-hybridized carbons (Fsp3) is 0.143. The molecule has 0 aromatic heterocycles. The second kappa shape index (κ2) is 4.12. The lowest BCUT2D eigenvalue weighted by Crippen LogP contribution is -1.83. The molecule has 0 heterocycles. The van der Waals surface area contributed by atoms with E-state index in [1.165, 1.54) is 0 Å². The Morgan fingerprint density at radius 3 is 2.10 bits per heavy atom. The van der Waals surface area contributed by atoms with Gasteiger partial charge in [-0.15, -0.1) is 12.4 Å². The summed E-state index contributed by atoms with van der Waals surface area (Å²) in [5.74, 6) is 0. The first-order chi connectivity index (χ1) is 4.33. The van der Waals surface area contributed by atoms with E-state index in [4.69, 9.17) is 5.73 Å². The first-order valence-corrected chi connectivity index (χ1v) is 2.73. The van der Waals surface area contributed by atoms with Crippen molar-refractivity contribution in [2.75, 3.05) is 5.73 Å². The number of nitrogen functional groups attached to an aromatic ring is 1. The van der Waals surface area contributed by atoms with Crippen molar-refractivity contribution in [2.24, 2.45) is 0 Å². The van der Waals surface area contributed by atoms with Crippen molar-refractivity contribution in [3.63, 3.8) is 0 Å². The second-order valence-corrected chi connectivity index (χ2v) is 1.88. The van der Waals surface area contributed by atoms with E-state index in [-0.39, 0.29) is 12.4 Å². The highest BCUT2D eigenvalue weighted by Crippen LogP contribution is 2.05. The van der Waals surface area contributed by atoms with Gasteiger partial charge in [0.05, 0.1) is 0 Å². The summed E-state index contributed by atoms with van der Waals surface area (Å²) in [6.45, 7) is -0.416. The lowest BCUT2D eigenvalue weighted by molar-refractivity contribution is 0.485. The highest BCUT2D eigenvalue weighted by Gasteiger charge is 1.87. The minimum Gasteiger partial charge on any atom is -0.399 e. The van der Waals surface area contributed by atoms with Gasteiger partial charge in [0.1, 0.15) is 6.67 Å². The highest BCUT2D eigenvalue weighted by molar-refractivity contribution is 5.85. The van der Waals surface area contributed by atoms with E-state index in [1.807, 2.05) is 0 Å². The van der Waals surface area contributed by atoms with Gasteiger partial charge in [0.15, 0.2) is 0 Å². The summed E-state index contributed by atoms with van der Waals surface area (Å²) < 4.78 is 11.8. The Labute approximate surface area is 65.5 Å². The summed E-state index contributed by atoms with van der Waals surface area (Å²) in [5.41, 5.74) is 6.70. The predicted octanol–water partition coefficient (Wildman–Crippen LogP) is 2.16. The van der Waals surface area contributed by atoms with Gasteiger partial charge in [-0.1, -0.05) is 12.1 Å². The van der Waals surface area contributed by atoms with Crippen LogP contribution in [0.15, 0.2) is 24.3 Å². The van der Waals surface area contributed by atoms with E-state index in [2.05, 4.69) is 0 Å². The molecular formula is C7H9ClFN. The van der Waals surface area contributed by atoms with Crippen molar-refractivity contribution in [3.05, 3.63) is 29.8 Å².